The van der Waals surface area contributed by atoms with E-state index in [2.05, 4.69) is 62.4 Å². The van der Waals surface area contributed by atoms with Gasteiger partial charge in [0.2, 0.25) is 0 Å². The van der Waals surface area contributed by atoms with Crippen LogP contribution in [0, 0.1) is 0 Å². The Morgan fingerprint density at radius 2 is 1.00 bits per heavy atom. The Balaban J connectivity index is 0.00000722. The minimum absolute atomic E-state index is 0. The smallest absolute Gasteiger partial charge is 0.0848 e. The topological polar surface area (TPSA) is 24.7 Å². The summed E-state index contributed by atoms with van der Waals surface area (Å²) < 4.78 is 0. The molecule has 0 spiro atoms. The monoisotopic (exact) mass is 558 g/mol. The minimum Gasteiger partial charge on any atom is -0.251 e. The maximum Gasteiger partial charge on any atom is 0.0848 e. The first kappa shape index (κ1) is 34.0. The van der Waals surface area contributed by atoms with E-state index in [1.54, 1.807) is 0 Å². The van der Waals surface area contributed by atoms with Crippen molar-refractivity contribution in [1.29, 1.82) is 0 Å². The number of rotatable bonds is 21. The van der Waals surface area contributed by atoms with Crippen LogP contribution in [0.5, 0.6) is 0 Å². The van der Waals surface area contributed by atoms with Gasteiger partial charge in [-0.15, -0.1) is 0 Å². The largest absolute Gasteiger partial charge is 0.251 e. The second kappa shape index (κ2) is 24.1. The van der Waals surface area contributed by atoms with Crippen molar-refractivity contribution in [2.24, 2.45) is 9.98 Å². The first-order valence-corrected chi connectivity index (χ1v) is 15.3. The summed E-state index contributed by atoms with van der Waals surface area (Å²) in [6, 6.07) is 20.6. The number of allylic oxidation sites excluding steroid dienone is 2. The quantitative estimate of drug-likeness (QED) is 0.0826. The van der Waals surface area contributed by atoms with Crippen LogP contribution in [0.1, 0.15) is 123 Å². The van der Waals surface area contributed by atoms with Crippen LogP contribution in [0.25, 0.3) is 0 Å². The molecule has 2 nitrogen and oxygen atoms in total. The molecule has 0 saturated carbocycles. The fourth-order valence-corrected chi connectivity index (χ4v) is 4.56. The van der Waals surface area contributed by atoms with Gasteiger partial charge in [0, 0.05) is 16.5 Å². The van der Waals surface area contributed by atoms with Gasteiger partial charge in [-0.1, -0.05) is 140 Å². The third kappa shape index (κ3) is 16.8. The molecule has 0 N–H and O–H groups in total. The molecule has 212 valence electrons. The zero-order valence-electron chi connectivity index (χ0n) is 24.2. The summed E-state index contributed by atoms with van der Waals surface area (Å²) >= 11 is 0. The fourth-order valence-electron chi connectivity index (χ4n) is 4.56. The number of unbranched alkanes of at least 4 members (excludes halogenated alkanes) is 14. The van der Waals surface area contributed by atoms with Gasteiger partial charge < -0.3 is 0 Å². The molecule has 0 amide bonds. The SMILES string of the molecule is CCCCCCCCCCCCCCC/C=C/C(=Nc1ccccc1)C(CCCC)=Nc1ccccc1.[Ni]. The summed E-state index contributed by atoms with van der Waals surface area (Å²) in [5, 5.41) is 0. The van der Waals surface area contributed by atoms with Gasteiger partial charge in [-0.2, -0.15) is 0 Å². The first-order valence-electron chi connectivity index (χ1n) is 15.3. The molecule has 0 aliphatic carbocycles. The van der Waals surface area contributed by atoms with Crippen LogP contribution in [-0.2, 0) is 16.5 Å². The molecule has 0 fully saturated rings. The van der Waals surface area contributed by atoms with Crippen LogP contribution in [-0.4, -0.2) is 11.4 Å². The molecular formula is C35H52N2Ni. The zero-order chi connectivity index (χ0) is 26.2. The van der Waals surface area contributed by atoms with Gasteiger partial charge in [-0.25, -0.2) is 4.99 Å². The summed E-state index contributed by atoms with van der Waals surface area (Å²) in [4.78, 5) is 10.0. The molecule has 3 heteroatoms. The third-order valence-corrected chi connectivity index (χ3v) is 6.84. The van der Waals surface area contributed by atoms with Crippen LogP contribution in [0.3, 0.4) is 0 Å². The van der Waals surface area contributed by atoms with Crippen LogP contribution in [0.2, 0.25) is 0 Å². The van der Waals surface area contributed by atoms with Crippen LogP contribution < -0.4 is 0 Å². The second-order valence-electron chi connectivity index (χ2n) is 10.3. The number of benzene rings is 2. The van der Waals surface area contributed by atoms with Gasteiger partial charge in [-0.3, -0.25) is 4.99 Å². The first-order chi connectivity index (χ1) is 18.3. The van der Waals surface area contributed by atoms with Gasteiger partial charge in [0.05, 0.1) is 22.8 Å². The van der Waals surface area contributed by atoms with Crippen molar-refractivity contribution in [2.75, 3.05) is 0 Å². The van der Waals surface area contributed by atoms with E-state index >= 15 is 0 Å². The van der Waals surface area contributed by atoms with E-state index in [-0.39, 0.29) is 16.5 Å². The van der Waals surface area contributed by atoms with E-state index in [1.807, 2.05) is 24.3 Å². The molecule has 0 aromatic heterocycles. The molecule has 38 heavy (non-hydrogen) atoms. The van der Waals surface area contributed by atoms with Crippen LogP contribution in [0.15, 0.2) is 82.8 Å². The summed E-state index contributed by atoms with van der Waals surface area (Å²) in [5.41, 5.74) is 4.07. The number of para-hydroxylation sites is 2. The second-order valence-corrected chi connectivity index (χ2v) is 10.3. The number of hydrogen-bond donors (Lipinski definition) is 0. The van der Waals surface area contributed by atoms with E-state index in [9.17, 15) is 0 Å². The van der Waals surface area contributed by atoms with Crippen molar-refractivity contribution in [3.05, 3.63) is 72.8 Å². The Bertz CT molecular complexity index is 887. The van der Waals surface area contributed by atoms with Crippen molar-refractivity contribution < 1.29 is 16.5 Å². The van der Waals surface area contributed by atoms with E-state index in [0.717, 1.165) is 48.5 Å². The van der Waals surface area contributed by atoms with Crippen molar-refractivity contribution >= 4 is 22.8 Å². The van der Waals surface area contributed by atoms with Gasteiger partial charge in [0.1, 0.15) is 0 Å². The predicted molar refractivity (Wildman–Crippen MR) is 166 cm³/mol. The van der Waals surface area contributed by atoms with Crippen molar-refractivity contribution in [1.82, 2.24) is 0 Å². The molecule has 0 bridgehead atoms. The molecular weight excluding hydrogens is 507 g/mol. The number of nitrogens with zero attached hydrogens (tertiary/aromatic N) is 2. The molecule has 0 radical (unpaired) electrons. The average molecular weight is 560 g/mol. The molecule has 0 aliphatic rings. The molecule has 0 aliphatic heterocycles. The molecule has 0 saturated heterocycles. The van der Waals surface area contributed by atoms with Gasteiger partial charge in [0.15, 0.2) is 0 Å². The summed E-state index contributed by atoms with van der Waals surface area (Å²) in [5.74, 6) is 0. The van der Waals surface area contributed by atoms with Crippen molar-refractivity contribution in [3.63, 3.8) is 0 Å². The molecule has 0 unspecified atom stereocenters. The Morgan fingerprint density at radius 1 is 0.553 bits per heavy atom. The van der Waals surface area contributed by atoms with E-state index in [1.165, 1.54) is 83.5 Å². The van der Waals surface area contributed by atoms with Gasteiger partial charge in [0.25, 0.3) is 0 Å². The molecule has 2 aromatic rings. The number of aliphatic imine (C=N–C) groups is 2. The minimum atomic E-state index is 0. The van der Waals surface area contributed by atoms with E-state index in [0.29, 0.717) is 0 Å². The number of hydrogen-bond acceptors (Lipinski definition) is 2. The molecule has 2 aromatic carbocycles. The maximum atomic E-state index is 5.02. The van der Waals surface area contributed by atoms with E-state index < -0.39 is 0 Å². The predicted octanol–water partition coefficient (Wildman–Crippen LogP) is 11.8. The van der Waals surface area contributed by atoms with Crippen molar-refractivity contribution in [2.45, 2.75) is 123 Å². The summed E-state index contributed by atoms with van der Waals surface area (Å²) in [6.45, 7) is 4.53. The fraction of sp³-hybridized carbons (Fsp3) is 0.543. The molecule has 0 atom stereocenters. The van der Waals surface area contributed by atoms with Crippen molar-refractivity contribution in [3.8, 4) is 0 Å². The van der Waals surface area contributed by atoms with Crippen LogP contribution >= 0.6 is 0 Å². The summed E-state index contributed by atoms with van der Waals surface area (Å²) in [6.07, 6.45) is 27.0. The Morgan fingerprint density at radius 3 is 1.50 bits per heavy atom. The normalized spacial score (nSPS) is 12.2. The Hall–Kier alpha value is -1.99. The third-order valence-electron chi connectivity index (χ3n) is 6.84. The Labute approximate surface area is 244 Å². The van der Waals surface area contributed by atoms with Gasteiger partial charge >= 0.3 is 0 Å². The Kier molecular flexibility index (Phi) is 21.6. The zero-order valence-corrected chi connectivity index (χ0v) is 25.1. The standard InChI is InChI=1S/C35H52N2.Ni/c1-3-5-7-8-9-10-11-12-13-14-15-16-17-18-25-31-35(37-33-28-23-20-24-29-33)34(30-6-4-2)36-32-26-21-19-22-27-32;/h19-29,31H,3-18,30H2,1-2H3;/b31-25+,36-34?,37-35?;. The van der Waals surface area contributed by atoms with E-state index in [4.69, 9.17) is 9.98 Å². The summed E-state index contributed by atoms with van der Waals surface area (Å²) in [7, 11) is 0. The van der Waals surface area contributed by atoms with Crippen LogP contribution in [0.4, 0.5) is 11.4 Å². The maximum absolute atomic E-state index is 5.02. The molecule has 2 rings (SSSR count). The molecule has 0 heterocycles. The van der Waals surface area contributed by atoms with Gasteiger partial charge in [-0.05, 0) is 56.0 Å². The average Bonchev–Trinajstić information content (AvgIpc) is 2.93.